The second-order valence-corrected chi connectivity index (χ2v) is 9.56. The zero-order valence-electron chi connectivity index (χ0n) is 20.3. The van der Waals surface area contributed by atoms with E-state index in [1.165, 1.54) is 95.5 Å². The molecule has 0 aliphatic carbocycles. The molecule has 0 saturated heterocycles. The van der Waals surface area contributed by atoms with Gasteiger partial charge in [-0.3, -0.25) is 4.79 Å². The van der Waals surface area contributed by atoms with E-state index < -0.39 is 0 Å². The van der Waals surface area contributed by atoms with Gasteiger partial charge in [0.2, 0.25) is 0 Å². The van der Waals surface area contributed by atoms with Gasteiger partial charge in [-0.05, 0) is 6.42 Å². The fourth-order valence-corrected chi connectivity index (χ4v) is 4.13. The summed E-state index contributed by atoms with van der Waals surface area (Å²) in [7, 11) is 4.11. The summed E-state index contributed by atoms with van der Waals surface area (Å²) in [6.07, 6.45) is 21.0. The molecule has 0 aliphatic rings. The van der Waals surface area contributed by atoms with Gasteiger partial charge in [0, 0.05) is 12.0 Å². The Kier molecular flexibility index (Phi) is 15.4. The molecule has 0 bridgehead atoms. The average molecular weight is 418 g/mol. The Morgan fingerprint density at radius 2 is 1.13 bits per heavy atom. The lowest BCUT2D eigenvalue weighted by Gasteiger charge is -2.29. The number of unbranched alkanes of at least 4 members (excludes halogenated alkanes) is 14. The Balaban J connectivity index is 1.90. The number of hydrogen-bond acceptors (Lipinski definition) is 1. The zero-order valence-corrected chi connectivity index (χ0v) is 20.3. The molecule has 3 heteroatoms. The molecule has 1 rings (SSSR count). The van der Waals surface area contributed by atoms with E-state index in [1.807, 2.05) is 18.2 Å². The van der Waals surface area contributed by atoms with E-state index in [-0.39, 0.29) is 5.91 Å². The molecule has 0 radical (unpaired) electrons. The molecular formula is C27H49N2O+. The highest BCUT2D eigenvalue weighted by atomic mass is 16.2. The molecule has 0 heterocycles. The van der Waals surface area contributed by atoms with E-state index in [4.69, 9.17) is 0 Å². The molecule has 30 heavy (non-hydrogen) atoms. The zero-order chi connectivity index (χ0) is 21.9. The summed E-state index contributed by atoms with van der Waals surface area (Å²) in [6.45, 7) is 3.09. The minimum absolute atomic E-state index is 0.172. The van der Waals surface area contributed by atoms with Gasteiger partial charge in [-0.2, -0.15) is 0 Å². The first-order chi connectivity index (χ1) is 14.5. The first-order valence-electron chi connectivity index (χ1n) is 12.7. The smallest absolute Gasteiger partial charge is 0.264 e. The van der Waals surface area contributed by atoms with Crippen LogP contribution in [0.2, 0.25) is 0 Å². The summed E-state index contributed by atoms with van der Waals surface area (Å²) < 4.78 is 0.502. The number of carbonyl (C=O) groups excluding carboxylic acids is 1. The normalized spacial score (nSPS) is 11.6. The summed E-state index contributed by atoms with van der Waals surface area (Å²) in [5.74, 6) is 0.172. The van der Waals surface area contributed by atoms with Gasteiger partial charge in [0.25, 0.3) is 5.91 Å². The van der Waals surface area contributed by atoms with Crippen LogP contribution in [0, 0.1) is 0 Å². The van der Waals surface area contributed by atoms with Crippen LogP contribution in [0.5, 0.6) is 0 Å². The third-order valence-corrected chi connectivity index (χ3v) is 5.86. The molecule has 172 valence electrons. The van der Waals surface area contributed by atoms with Crippen molar-refractivity contribution in [2.45, 2.75) is 116 Å². The van der Waals surface area contributed by atoms with E-state index in [2.05, 4.69) is 38.6 Å². The van der Waals surface area contributed by atoms with E-state index >= 15 is 0 Å². The van der Waals surface area contributed by atoms with Crippen molar-refractivity contribution in [3.63, 3.8) is 0 Å². The minimum Gasteiger partial charge on any atom is -0.270 e. The van der Waals surface area contributed by atoms with E-state index in [1.54, 1.807) is 0 Å². The van der Waals surface area contributed by atoms with Gasteiger partial charge in [-0.1, -0.05) is 127 Å². The molecule has 1 aromatic carbocycles. The van der Waals surface area contributed by atoms with Gasteiger partial charge in [0.1, 0.15) is 6.54 Å². The molecule has 1 aromatic rings. The lowest BCUT2D eigenvalue weighted by atomic mass is 10.0. The van der Waals surface area contributed by atoms with Crippen molar-refractivity contribution in [2.24, 2.45) is 0 Å². The predicted octanol–water partition coefficient (Wildman–Crippen LogP) is 7.56. The Morgan fingerprint density at radius 1 is 0.700 bits per heavy atom. The van der Waals surface area contributed by atoms with E-state index in [9.17, 15) is 4.79 Å². The van der Waals surface area contributed by atoms with Crippen molar-refractivity contribution in [1.29, 1.82) is 0 Å². The molecule has 1 N–H and O–H groups in total. The van der Waals surface area contributed by atoms with Crippen LogP contribution in [-0.2, 0) is 11.3 Å². The summed E-state index contributed by atoms with van der Waals surface area (Å²) in [4.78, 5) is 12.3. The average Bonchev–Trinajstić information content (AvgIpc) is 2.71. The van der Waals surface area contributed by atoms with Crippen molar-refractivity contribution in [1.82, 2.24) is 5.43 Å². The Bertz CT molecular complexity index is 527. The molecule has 3 nitrogen and oxygen atoms in total. The monoisotopic (exact) mass is 417 g/mol. The quantitative estimate of drug-likeness (QED) is 0.140. The third kappa shape index (κ3) is 15.5. The van der Waals surface area contributed by atoms with Crippen molar-refractivity contribution < 1.29 is 9.39 Å². The highest BCUT2D eigenvalue weighted by Gasteiger charge is 2.19. The lowest BCUT2D eigenvalue weighted by Crippen LogP contribution is -2.53. The number of quaternary nitrogens is 1. The van der Waals surface area contributed by atoms with Crippen molar-refractivity contribution in [3.05, 3.63) is 35.9 Å². The number of hydrogen-bond donors (Lipinski definition) is 1. The Hall–Kier alpha value is -1.35. The first-order valence-corrected chi connectivity index (χ1v) is 12.7. The van der Waals surface area contributed by atoms with Gasteiger partial charge >= 0.3 is 0 Å². The largest absolute Gasteiger partial charge is 0.270 e. The van der Waals surface area contributed by atoms with Crippen molar-refractivity contribution in [2.75, 3.05) is 14.1 Å². The predicted molar refractivity (Wildman–Crippen MR) is 130 cm³/mol. The molecule has 0 atom stereocenters. The van der Waals surface area contributed by atoms with Crippen molar-refractivity contribution >= 4 is 5.91 Å². The van der Waals surface area contributed by atoms with Crippen LogP contribution in [0.3, 0.4) is 0 Å². The maximum atomic E-state index is 12.3. The van der Waals surface area contributed by atoms with Crippen LogP contribution < -0.4 is 5.43 Å². The van der Waals surface area contributed by atoms with Crippen LogP contribution in [0.4, 0.5) is 0 Å². The highest BCUT2D eigenvalue weighted by molar-refractivity contribution is 5.74. The Labute approximate surface area is 187 Å². The van der Waals surface area contributed by atoms with Crippen LogP contribution >= 0.6 is 0 Å². The second-order valence-electron chi connectivity index (χ2n) is 9.56. The molecule has 1 amide bonds. The molecule has 0 unspecified atom stereocenters. The summed E-state index contributed by atoms with van der Waals surface area (Å²) in [6, 6.07) is 10.3. The van der Waals surface area contributed by atoms with Crippen LogP contribution in [0.15, 0.2) is 30.3 Å². The van der Waals surface area contributed by atoms with Crippen molar-refractivity contribution in [3.8, 4) is 0 Å². The fourth-order valence-electron chi connectivity index (χ4n) is 4.13. The minimum atomic E-state index is 0.172. The number of rotatable bonds is 19. The second kappa shape index (κ2) is 17.3. The molecule has 0 aromatic heterocycles. The van der Waals surface area contributed by atoms with Gasteiger partial charge in [-0.15, -0.1) is 0 Å². The SMILES string of the molecule is CCCCCCCCCCCCCCCCCC(=O)N[N+](C)(C)Cc1ccccc1. The first kappa shape index (κ1) is 26.7. The van der Waals surface area contributed by atoms with Gasteiger partial charge in [0.05, 0.1) is 14.1 Å². The molecule has 0 saturated carbocycles. The van der Waals surface area contributed by atoms with Gasteiger partial charge in [-0.25, -0.2) is 10.0 Å². The summed E-state index contributed by atoms with van der Waals surface area (Å²) >= 11 is 0. The number of nitrogens with zero attached hydrogens (tertiary/aromatic N) is 1. The molecular weight excluding hydrogens is 368 g/mol. The van der Waals surface area contributed by atoms with Gasteiger partial charge in [0.15, 0.2) is 0 Å². The van der Waals surface area contributed by atoms with Crippen LogP contribution in [0.25, 0.3) is 0 Å². The molecule has 0 aliphatic heterocycles. The third-order valence-electron chi connectivity index (χ3n) is 5.86. The topological polar surface area (TPSA) is 29.1 Å². The summed E-state index contributed by atoms with van der Waals surface area (Å²) in [5, 5.41) is 0. The Morgan fingerprint density at radius 3 is 1.60 bits per heavy atom. The van der Waals surface area contributed by atoms with Gasteiger partial charge < -0.3 is 0 Å². The fraction of sp³-hybridized carbons (Fsp3) is 0.741. The van der Waals surface area contributed by atoms with E-state index in [0.717, 1.165) is 13.0 Å². The maximum Gasteiger partial charge on any atom is 0.264 e. The van der Waals surface area contributed by atoms with Crippen LogP contribution in [-0.4, -0.2) is 24.6 Å². The van der Waals surface area contributed by atoms with E-state index in [0.29, 0.717) is 11.0 Å². The maximum absolute atomic E-state index is 12.3. The highest BCUT2D eigenvalue weighted by Crippen LogP contribution is 2.14. The van der Waals surface area contributed by atoms with Crippen LogP contribution in [0.1, 0.15) is 115 Å². The summed E-state index contributed by atoms with van der Waals surface area (Å²) in [5.41, 5.74) is 4.40. The number of nitrogens with one attached hydrogen (secondary N) is 1. The number of benzene rings is 1. The molecule has 0 fully saturated rings. The standard InChI is InChI=1S/C27H48N2O/c1-4-5-6-7-8-9-10-11-12-13-14-15-16-17-21-24-27(30)28-29(2,3)25-26-22-19-18-20-23-26/h18-20,22-23H,4-17,21,24-25H2,1-3H3/p+1. The molecule has 0 spiro atoms. The number of amides is 1. The number of carbonyl (C=O) groups is 1. The lowest BCUT2D eigenvalue weighted by molar-refractivity contribution is -0.938.